The van der Waals surface area contributed by atoms with Crippen LogP contribution in [0, 0.1) is 5.92 Å². The lowest BCUT2D eigenvalue weighted by atomic mass is 9.98. The number of hydrogen-bond acceptors (Lipinski definition) is 4. The number of carbonyl (C=O) groups is 1. The lowest BCUT2D eigenvalue weighted by Crippen LogP contribution is -2.41. The lowest BCUT2D eigenvalue weighted by molar-refractivity contribution is 0.0770. The van der Waals surface area contributed by atoms with Crippen LogP contribution in [-0.2, 0) is 6.42 Å². The van der Waals surface area contributed by atoms with E-state index < -0.39 is 0 Å². The molecule has 5 nitrogen and oxygen atoms in total. The molecular weight excluding hydrogens is 388 g/mol. The highest BCUT2D eigenvalue weighted by molar-refractivity contribution is 5.98. The molecule has 2 aromatic rings. The molecule has 2 aromatic carbocycles. The first-order valence-electron chi connectivity index (χ1n) is 11.5. The summed E-state index contributed by atoms with van der Waals surface area (Å²) >= 11 is 0. The topological polar surface area (TPSA) is 42.0 Å². The van der Waals surface area contributed by atoms with Crippen molar-refractivity contribution in [3.05, 3.63) is 59.7 Å². The number of fused-ring (bicyclic) bond motifs is 1. The zero-order valence-electron chi connectivity index (χ0n) is 18.8. The highest BCUT2D eigenvalue weighted by Crippen LogP contribution is 2.35. The van der Waals surface area contributed by atoms with Crippen molar-refractivity contribution >= 4 is 5.91 Å². The van der Waals surface area contributed by atoms with E-state index in [4.69, 9.17) is 9.47 Å². The van der Waals surface area contributed by atoms with Crippen LogP contribution in [0.15, 0.2) is 48.5 Å². The van der Waals surface area contributed by atoms with E-state index in [0.717, 1.165) is 39.0 Å². The first-order chi connectivity index (χ1) is 15.2. The molecule has 2 heterocycles. The first-order valence-corrected chi connectivity index (χ1v) is 11.5. The summed E-state index contributed by atoms with van der Waals surface area (Å²) in [4.78, 5) is 18.1. The number of hydrogen-bond donors (Lipinski definition) is 0. The van der Waals surface area contributed by atoms with Crippen LogP contribution in [-0.4, -0.2) is 62.1 Å². The summed E-state index contributed by atoms with van der Waals surface area (Å²) in [6.45, 7) is 3.87. The van der Waals surface area contributed by atoms with E-state index in [9.17, 15) is 4.79 Å². The SMILES string of the molecule is COc1cccc(C(=O)N2C[C@@H]3CCCCN(CCCc4ccccc4)[C@@H]3C2)c1OC. The fraction of sp³-hybridized carbons (Fsp3) is 0.500. The molecule has 31 heavy (non-hydrogen) atoms. The van der Waals surface area contributed by atoms with Gasteiger partial charge in [-0.1, -0.05) is 42.8 Å². The summed E-state index contributed by atoms with van der Waals surface area (Å²) in [6.07, 6.45) is 5.99. The van der Waals surface area contributed by atoms with Crippen LogP contribution in [0.2, 0.25) is 0 Å². The molecule has 2 aliphatic heterocycles. The maximum Gasteiger partial charge on any atom is 0.257 e. The molecule has 0 spiro atoms. The normalized spacial score (nSPS) is 21.4. The summed E-state index contributed by atoms with van der Waals surface area (Å²) in [6, 6.07) is 16.7. The molecule has 2 fully saturated rings. The van der Waals surface area contributed by atoms with E-state index in [1.165, 1.54) is 24.8 Å². The smallest absolute Gasteiger partial charge is 0.257 e. The van der Waals surface area contributed by atoms with Crippen molar-refractivity contribution in [1.29, 1.82) is 0 Å². The average Bonchev–Trinajstić information content (AvgIpc) is 3.15. The predicted molar refractivity (Wildman–Crippen MR) is 123 cm³/mol. The lowest BCUT2D eigenvalue weighted by Gasteiger charge is -2.30. The summed E-state index contributed by atoms with van der Waals surface area (Å²) in [5, 5.41) is 0. The van der Waals surface area contributed by atoms with Gasteiger partial charge in [-0.15, -0.1) is 0 Å². The van der Waals surface area contributed by atoms with Gasteiger partial charge in [-0.25, -0.2) is 0 Å². The minimum atomic E-state index is 0.0491. The zero-order valence-corrected chi connectivity index (χ0v) is 18.8. The van der Waals surface area contributed by atoms with Gasteiger partial charge in [-0.3, -0.25) is 9.69 Å². The number of ether oxygens (including phenoxy) is 2. The monoisotopic (exact) mass is 422 g/mol. The third kappa shape index (κ3) is 4.87. The molecule has 0 radical (unpaired) electrons. The van der Waals surface area contributed by atoms with Crippen LogP contribution in [0.3, 0.4) is 0 Å². The molecule has 1 amide bonds. The summed E-state index contributed by atoms with van der Waals surface area (Å²) < 4.78 is 10.9. The molecule has 2 aliphatic rings. The molecule has 0 bridgehead atoms. The fourth-order valence-electron chi connectivity index (χ4n) is 5.24. The second kappa shape index (κ2) is 10.2. The number of amides is 1. The fourth-order valence-corrected chi connectivity index (χ4v) is 5.24. The highest BCUT2D eigenvalue weighted by Gasteiger charge is 2.40. The first kappa shape index (κ1) is 21.7. The Morgan fingerprint density at radius 2 is 1.84 bits per heavy atom. The Hall–Kier alpha value is -2.53. The molecule has 0 N–H and O–H groups in total. The molecule has 5 heteroatoms. The summed E-state index contributed by atoms with van der Waals surface area (Å²) in [7, 11) is 3.20. The molecule has 0 unspecified atom stereocenters. The minimum Gasteiger partial charge on any atom is -0.493 e. The van der Waals surface area contributed by atoms with Crippen LogP contribution in [0.25, 0.3) is 0 Å². The van der Waals surface area contributed by atoms with Crippen molar-refractivity contribution in [2.24, 2.45) is 5.92 Å². The van der Waals surface area contributed by atoms with Gasteiger partial charge in [0.15, 0.2) is 11.5 Å². The number of likely N-dealkylation sites (tertiary alicyclic amines) is 2. The minimum absolute atomic E-state index is 0.0491. The molecule has 0 aromatic heterocycles. The predicted octanol–water partition coefficient (Wildman–Crippen LogP) is 4.26. The van der Waals surface area contributed by atoms with Crippen LogP contribution in [0.1, 0.15) is 41.6 Å². The number of benzene rings is 2. The van der Waals surface area contributed by atoms with Crippen molar-refractivity contribution < 1.29 is 14.3 Å². The largest absolute Gasteiger partial charge is 0.493 e. The van der Waals surface area contributed by atoms with Gasteiger partial charge >= 0.3 is 0 Å². The van der Waals surface area contributed by atoms with Gasteiger partial charge in [0.05, 0.1) is 19.8 Å². The number of methoxy groups -OCH3 is 2. The van der Waals surface area contributed by atoms with Gasteiger partial charge in [-0.2, -0.15) is 0 Å². The standard InChI is InChI=1S/C26H34N2O3/c1-30-24-15-8-14-22(25(24)31-2)26(29)28-18-21-13-6-7-16-27(23(21)19-28)17-9-12-20-10-4-3-5-11-20/h3-5,8,10-11,14-15,21,23H,6-7,9,12-13,16-19H2,1-2H3/t21-,23+/m0/s1. The van der Waals surface area contributed by atoms with Crippen molar-refractivity contribution in [1.82, 2.24) is 9.80 Å². The number of carbonyl (C=O) groups excluding carboxylic acids is 1. The second-order valence-electron chi connectivity index (χ2n) is 8.70. The Labute approximate surface area is 185 Å². The van der Waals surface area contributed by atoms with Gasteiger partial charge in [0.25, 0.3) is 5.91 Å². The molecular formula is C26H34N2O3. The third-order valence-electron chi connectivity index (χ3n) is 6.82. The molecule has 0 saturated carbocycles. The Morgan fingerprint density at radius 3 is 2.61 bits per heavy atom. The Bertz CT molecular complexity index is 870. The Balaban J connectivity index is 1.43. The van der Waals surface area contributed by atoms with E-state index >= 15 is 0 Å². The van der Waals surface area contributed by atoms with E-state index in [1.807, 2.05) is 23.1 Å². The van der Waals surface area contributed by atoms with E-state index in [2.05, 4.69) is 35.2 Å². The van der Waals surface area contributed by atoms with Crippen molar-refractivity contribution in [3.63, 3.8) is 0 Å². The van der Waals surface area contributed by atoms with E-state index in [-0.39, 0.29) is 5.91 Å². The van der Waals surface area contributed by atoms with Crippen LogP contribution >= 0.6 is 0 Å². The molecule has 2 atom stereocenters. The highest BCUT2D eigenvalue weighted by atomic mass is 16.5. The molecule has 0 aliphatic carbocycles. The van der Waals surface area contributed by atoms with Gasteiger partial charge in [0, 0.05) is 19.1 Å². The second-order valence-corrected chi connectivity index (χ2v) is 8.70. The van der Waals surface area contributed by atoms with Crippen LogP contribution < -0.4 is 9.47 Å². The van der Waals surface area contributed by atoms with Crippen molar-refractivity contribution in [3.8, 4) is 11.5 Å². The zero-order chi connectivity index (χ0) is 21.6. The number of aryl methyl sites for hydroxylation is 1. The van der Waals surface area contributed by atoms with Gasteiger partial charge < -0.3 is 14.4 Å². The van der Waals surface area contributed by atoms with Crippen LogP contribution in [0.5, 0.6) is 11.5 Å². The maximum atomic E-state index is 13.4. The summed E-state index contributed by atoms with van der Waals surface area (Å²) in [5.41, 5.74) is 2.00. The average molecular weight is 423 g/mol. The molecule has 166 valence electrons. The van der Waals surface area contributed by atoms with E-state index in [0.29, 0.717) is 29.0 Å². The Morgan fingerprint density at radius 1 is 1.00 bits per heavy atom. The van der Waals surface area contributed by atoms with Gasteiger partial charge in [0.1, 0.15) is 0 Å². The quantitative estimate of drug-likeness (QED) is 0.669. The third-order valence-corrected chi connectivity index (χ3v) is 6.82. The van der Waals surface area contributed by atoms with Crippen LogP contribution in [0.4, 0.5) is 0 Å². The van der Waals surface area contributed by atoms with E-state index in [1.54, 1.807) is 14.2 Å². The molecule has 4 rings (SSSR count). The summed E-state index contributed by atoms with van der Waals surface area (Å²) in [5.74, 6) is 1.74. The number of nitrogens with zero attached hydrogens (tertiary/aromatic N) is 2. The molecule has 2 saturated heterocycles. The van der Waals surface area contributed by atoms with Gasteiger partial charge in [-0.05, 0) is 62.4 Å². The number of para-hydroxylation sites is 1. The van der Waals surface area contributed by atoms with Crippen molar-refractivity contribution in [2.75, 3.05) is 40.4 Å². The maximum absolute atomic E-state index is 13.4. The number of rotatable bonds is 7. The van der Waals surface area contributed by atoms with Gasteiger partial charge in [0.2, 0.25) is 0 Å². The Kier molecular flexibility index (Phi) is 7.13. The van der Waals surface area contributed by atoms with Crippen molar-refractivity contribution in [2.45, 2.75) is 38.1 Å².